The van der Waals surface area contributed by atoms with Gasteiger partial charge in [0.25, 0.3) is 0 Å². The van der Waals surface area contributed by atoms with Crippen LogP contribution >= 0.6 is 0 Å². The van der Waals surface area contributed by atoms with Gasteiger partial charge in [-0.3, -0.25) is 0 Å². The molecule has 0 spiro atoms. The number of rotatable bonds is 6. The highest BCUT2D eigenvalue weighted by Gasteiger charge is 2.21. The van der Waals surface area contributed by atoms with Gasteiger partial charge in [0.2, 0.25) is 10.0 Å². The van der Waals surface area contributed by atoms with Crippen LogP contribution in [0.1, 0.15) is 18.4 Å². The van der Waals surface area contributed by atoms with E-state index in [4.69, 9.17) is 4.74 Å². The molecule has 1 aliphatic rings. The molecule has 6 heteroatoms. The van der Waals surface area contributed by atoms with E-state index in [-0.39, 0.29) is 18.3 Å². The van der Waals surface area contributed by atoms with E-state index in [1.807, 2.05) is 24.3 Å². The zero-order chi connectivity index (χ0) is 13.7. The molecule has 1 atom stereocenters. The molecule has 0 radical (unpaired) electrons. The highest BCUT2D eigenvalue weighted by molar-refractivity contribution is 7.89. The molecular formula is C13H20N2O3S. The second-order valence-corrected chi connectivity index (χ2v) is 6.56. The van der Waals surface area contributed by atoms with Gasteiger partial charge in [-0.15, -0.1) is 0 Å². The lowest BCUT2D eigenvalue weighted by Crippen LogP contribution is -2.36. The van der Waals surface area contributed by atoms with Crippen molar-refractivity contribution >= 4 is 10.0 Å². The van der Waals surface area contributed by atoms with Crippen molar-refractivity contribution in [3.05, 3.63) is 29.8 Å². The Labute approximate surface area is 114 Å². The Morgan fingerprint density at radius 1 is 1.42 bits per heavy atom. The summed E-state index contributed by atoms with van der Waals surface area (Å²) < 4.78 is 31.8. The van der Waals surface area contributed by atoms with Crippen molar-refractivity contribution in [1.82, 2.24) is 10.0 Å². The van der Waals surface area contributed by atoms with Gasteiger partial charge in [-0.2, -0.15) is 0 Å². The molecular weight excluding hydrogens is 264 g/mol. The first-order valence-corrected chi connectivity index (χ1v) is 8.08. The normalized spacial score (nSPS) is 19.5. The molecule has 1 aromatic carbocycles. The second-order valence-electron chi connectivity index (χ2n) is 4.71. The summed E-state index contributed by atoms with van der Waals surface area (Å²) in [6.07, 6.45) is 1.97. The highest BCUT2D eigenvalue weighted by atomic mass is 32.2. The number of nitrogens with one attached hydrogen (secondary N) is 2. The smallest absolute Gasteiger partial charge is 0.213 e. The van der Waals surface area contributed by atoms with Gasteiger partial charge in [-0.1, -0.05) is 18.2 Å². The van der Waals surface area contributed by atoms with E-state index in [2.05, 4.69) is 10.0 Å². The van der Waals surface area contributed by atoms with Gasteiger partial charge in [-0.05, 0) is 25.5 Å². The van der Waals surface area contributed by atoms with E-state index in [0.717, 1.165) is 24.9 Å². The number of sulfonamides is 1. The summed E-state index contributed by atoms with van der Waals surface area (Å²) in [4.78, 5) is 0. The third-order valence-electron chi connectivity index (χ3n) is 3.26. The molecule has 2 rings (SSSR count). The molecule has 0 saturated carbocycles. The maximum atomic E-state index is 12.0. The number of hydrogen-bond acceptors (Lipinski definition) is 4. The molecule has 0 aromatic heterocycles. The van der Waals surface area contributed by atoms with E-state index in [0.29, 0.717) is 5.75 Å². The average molecular weight is 284 g/mol. The van der Waals surface area contributed by atoms with Crippen LogP contribution in [-0.2, 0) is 16.6 Å². The molecule has 0 amide bonds. The summed E-state index contributed by atoms with van der Waals surface area (Å²) in [5, 5.41) is 3.19. The summed E-state index contributed by atoms with van der Waals surface area (Å²) in [6.45, 7) is 1.17. The van der Waals surface area contributed by atoms with Gasteiger partial charge in [0.05, 0.1) is 12.9 Å². The maximum absolute atomic E-state index is 12.0. The fraction of sp³-hybridized carbons (Fsp3) is 0.538. The van der Waals surface area contributed by atoms with Gasteiger partial charge in [0.1, 0.15) is 5.75 Å². The molecule has 1 saturated heterocycles. The standard InChI is InChI=1S/C13H20N2O3S/c1-18-13-7-3-2-5-11(13)9-15-19(16,17)10-12-6-4-8-14-12/h2-3,5,7,12,14-15H,4,6,8-10H2,1H3. The number of hydrogen-bond donors (Lipinski definition) is 2. The van der Waals surface area contributed by atoms with Gasteiger partial charge >= 0.3 is 0 Å². The predicted molar refractivity (Wildman–Crippen MR) is 74.6 cm³/mol. The molecule has 1 aromatic rings. The highest BCUT2D eigenvalue weighted by Crippen LogP contribution is 2.17. The fourth-order valence-corrected chi connectivity index (χ4v) is 3.57. The van der Waals surface area contributed by atoms with Crippen molar-refractivity contribution in [3.63, 3.8) is 0 Å². The van der Waals surface area contributed by atoms with Crippen LogP contribution in [0, 0.1) is 0 Å². The number of benzene rings is 1. The Morgan fingerprint density at radius 2 is 2.21 bits per heavy atom. The van der Waals surface area contributed by atoms with Crippen LogP contribution < -0.4 is 14.8 Å². The number of para-hydroxylation sites is 1. The van der Waals surface area contributed by atoms with Crippen LogP contribution in [0.3, 0.4) is 0 Å². The van der Waals surface area contributed by atoms with Gasteiger partial charge in [0.15, 0.2) is 0 Å². The molecule has 1 heterocycles. The van der Waals surface area contributed by atoms with Crippen LogP contribution in [0.15, 0.2) is 24.3 Å². The lowest BCUT2D eigenvalue weighted by Gasteiger charge is -2.13. The molecule has 1 fully saturated rings. The molecule has 0 bridgehead atoms. The molecule has 19 heavy (non-hydrogen) atoms. The largest absolute Gasteiger partial charge is 0.496 e. The Balaban J connectivity index is 1.93. The van der Waals surface area contributed by atoms with E-state index < -0.39 is 10.0 Å². The summed E-state index contributed by atoms with van der Waals surface area (Å²) >= 11 is 0. The average Bonchev–Trinajstić information content (AvgIpc) is 2.89. The lowest BCUT2D eigenvalue weighted by atomic mass is 10.2. The molecule has 0 aliphatic carbocycles. The van der Waals surface area contributed by atoms with Crippen molar-refractivity contribution in [2.45, 2.75) is 25.4 Å². The Bertz CT molecular complexity index is 510. The summed E-state index contributed by atoms with van der Waals surface area (Å²) in [6, 6.07) is 7.48. The van der Waals surface area contributed by atoms with Crippen LogP contribution in [0.25, 0.3) is 0 Å². The zero-order valence-corrected chi connectivity index (χ0v) is 11.9. The van der Waals surface area contributed by atoms with Crippen LogP contribution in [-0.4, -0.2) is 33.9 Å². The minimum atomic E-state index is -3.26. The molecule has 5 nitrogen and oxygen atoms in total. The minimum absolute atomic E-state index is 0.0789. The third kappa shape index (κ3) is 4.19. The molecule has 106 valence electrons. The SMILES string of the molecule is COc1ccccc1CNS(=O)(=O)CC1CCCN1. The monoisotopic (exact) mass is 284 g/mol. The van der Waals surface area contributed by atoms with Gasteiger partial charge in [-0.25, -0.2) is 13.1 Å². The van der Waals surface area contributed by atoms with Crippen molar-refractivity contribution < 1.29 is 13.2 Å². The molecule has 1 aliphatic heterocycles. The topological polar surface area (TPSA) is 67.4 Å². The molecule has 1 unspecified atom stereocenters. The van der Waals surface area contributed by atoms with Crippen LogP contribution in [0.2, 0.25) is 0 Å². The maximum Gasteiger partial charge on any atom is 0.213 e. The summed E-state index contributed by atoms with van der Waals surface area (Å²) in [5.74, 6) is 0.839. The van der Waals surface area contributed by atoms with Crippen molar-refractivity contribution in [2.24, 2.45) is 0 Å². The Hall–Kier alpha value is -1.11. The number of ether oxygens (including phenoxy) is 1. The molecule has 2 N–H and O–H groups in total. The first-order valence-electron chi connectivity index (χ1n) is 6.43. The summed E-state index contributed by atoms with van der Waals surface area (Å²) in [7, 11) is -1.68. The van der Waals surface area contributed by atoms with E-state index in [9.17, 15) is 8.42 Å². The van der Waals surface area contributed by atoms with Crippen LogP contribution in [0.4, 0.5) is 0 Å². The lowest BCUT2D eigenvalue weighted by molar-refractivity contribution is 0.409. The van der Waals surface area contributed by atoms with Crippen molar-refractivity contribution in [3.8, 4) is 5.75 Å². The first-order chi connectivity index (χ1) is 9.11. The van der Waals surface area contributed by atoms with Gasteiger partial charge in [0, 0.05) is 18.2 Å². The Kier molecular flexibility index (Phi) is 4.79. The predicted octanol–water partition coefficient (Wildman–Crippen LogP) is 0.867. The zero-order valence-electron chi connectivity index (χ0n) is 11.1. The quantitative estimate of drug-likeness (QED) is 0.813. The van der Waals surface area contributed by atoms with E-state index in [1.165, 1.54) is 0 Å². The fourth-order valence-electron chi connectivity index (χ4n) is 2.26. The first kappa shape index (κ1) is 14.3. The van der Waals surface area contributed by atoms with E-state index >= 15 is 0 Å². The third-order valence-corrected chi connectivity index (χ3v) is 4.68. The van der Waals surface area contributed by atoms with E-state index in [1.54, 1.807) is 7.11 Å². The number of methoxy groups -OCH3 is 1. The minimum Gasteiger partial charge on any atom is -0.496 e. The summed E-state index contributed by atoms with van der Waals surface area (Å²) in [5.41, 5.74) is 0.841. The second kappa shape index (κ2) is 6.36. The van der Waals surface area contributed by atoms with Crippen LogP contribution in [0.5, 0.6) is 5.75 Å². The van der Waals surface area contributed by atoms with Crippen molar-refractivity contribution in [2.75, 3.05) is 19.4 Å². The van der Waals surface area contributed by atoms with Crippen molar-refractivity contribution in [1.29, 1.82) is 0 Å². The van der Waals surface area contributed by atoms with Gasteiger partial charge < -0.3 is 10.1 Å². The Morgan fingerprint density at radius 3 is 2.89 bits per heavy atom.